The summed E-state index contributed by atoms with van der Waals surface area (Å²) in [6, 6.07) is 62.1. The number of rotatable bonds is 11. The number of aromatic nitrogens is 4. The van der Waals surface area contributed by atoms with Gasteiger partial charge in [-0.15, -0.1) is 0 Å². The molecule has 4 aromatic carbocycles. The van der Waals surface area contributed by atoms with Crippen LogP contribution in [0.15, 0.2) is 219 Å². The fraction of sp³-hybridized carbons (Fsp3) is 0.107. The second kappa shape index (κ2) is 16.9. The Bertz CT molecular complexity index is 2770. The standard InChI is InChI=1S/C56H46N4Si2/c1-61-53(45-27-15-33-57-37-45)49(41-19-7-3-8-20-41)51(43-23-11-5-12-24-43)55(61,47-29-17-35-59-39-47)31-32-56(48-30-18-36-60-40-48)52(44-25-13-6-14-26-44)50(42-21-9-4-10-22-42)54(62(56)2)46-28-16-34-58-38-46/h3-30,33-40H,31-32H2,1-2H3. The predicted octanol–water partition coefficient (Wildman–Crippen LogP) is 11.4. The van der Waals surface area contributed by atoms with Gasteiger partial charge in [-0.05, 0) is 114 Å². The molecular weight excluding hydrogens is 785 g/mol. The molecule has 6 heterocycles. The van der Waals surface area contributed by atoms with Crippen LogP contribution in [0.3, 0.4) is 0 Å². The van der Waals surface area contributed by atoms with Gasteiger partial charge >= 0.3 is 0 Å². The van der Waals surface area contributed by atoms with E-state index in [2.05, 4.69) is 208 Å². The lowest BCUT2D eigenvalue weighted by molar-refractivity contribution is 0.565. The number of hydrogen-bond donors (Lipinski definition) is 0. The van der Waals surface area contributed by atoms with Crippen LogP contribution in [0, 0.1) is 0 Å². The minimum absolute atomic E-state index is 0.403. The third-order valence-electron chi connectivity index (χ3n) is 13.2. The molecule has 0 saturated heterocycles. The minimum atomic E-state index is -1.49. The van der Waals surface area contributed by atoms with E-state index in [1.165, 1.54) is 77.1 Å². The SMILES string of the molecule is C[Si]1=C(c2cccnc2)C(c2ccccc2)=C(c2ccccc2)C1(CCC1(c2cccnc2)C(c2ccccc2)=C(c2ccccc2)C(c2cccnc2)=[Si]1C)c1cccnc1. The van der Waals surface area contributed by atoms with Crippen LogP contribution in [0.5, 0.6) is 0 Å². The molecule has 0 fully saturated rings. The Morgan fingerprint density at radius 2 is 0.645 bits per heavy atom. The van der Waals surface area contributed by atoms with E-state index in [1.54, 1.807) is 0 Å². The third-order valence-corrected chi connectivity index (χ3v) is 19.9. The number of hydrogen-bond acceptors (Lipinski definition) is 4. The van der Waals surface area contributed by atoms with Gasteiger partial charge < -0.3 is 0 Å². The maximum Gasteiger partial charge on any atom is 0.0344 e. The molecule has 8 aromatic rings. The lowest BCUT2D eigenvalue weighted by Crippen LogP contribution is -2.43. The molecule has 6 heteroatoms. The van der Waals surface area contributed by atoms with Crippen molar-refractivity contribution in [3.8, 4) is 0 Å². The maximum absolute atomic E-state index is 4.92. The van der Waals surface area contributed by atoms with Crippen molar-refractivity contribution in [3.63, 3.8) is 0 Å². The lowest BCUT2D eigenvalue weighted by Gasteiger charge is -2.42. The molecule has 2 unspecified atom stereocenters. The van der Waals surface area contributed by atoms with Gasteiger partial charge in [-0.1, -0.05) is 159 Å². The van der Waals surface area contributed by atoms with Gasteiger partial charge in [0, 0.05) is 76.5 Å². The lowest BCUT2D eigenvalue weighted by atomic mass is 9.73. The molecule has 4 aromatic heterocycles. The van der Waals surface area contributed by atoms with Crippen molar-refractivity contribution in [2.45, 2.75) is 36.0 Å². The number of nitrogens with zero attached hydrogens (tertiary/aromatic N) is 4. The summed E-state index contributed by atoms with van der Waals surface area (Å²) in [6.45, 7) is 5.11. The van der Waals surface area contributed by atoms with Gasteiger partial charge in [-0.25, -0.2) is 0 Å². The van der Waals surface area contributed by atoms with Crippen LogP contribution >= 0.6 is 0 Å². The summed E-state index contributed by atoms with van der Waals surface area (Å²) in [6.07, 6.45) is 17.8. The topological polar surface area (TPSA) is 51.6 Å². The largest absolute Gasteiger partial charge is 0.264 e. The first-order valence-electron chi connectivity index (χ1n) is 21.4. The molecule has 4 nitrogen and oxygen atoms in total. The highest BCUT2D eigenvalue weighted by molar-refractivity contribution is 6.89. The van der Waals surface area contributed by atoms with Gasteiger partial charge in [-0.3, -0.25) is 19.9 Å². The molecule has 2 aliphatic rings. The second-order valence-electron chi connectivity index (χ2n) is 16.2. The van der Waals surface area contributed by atoms with Gasteiger partial charge in [0.2, 0.25) is 0 Å². The molecular formula is C56H46N4Si2. The molecule has 10 rings (SSSR count). The molecule has 0 spiro atoms. The van der Waals surface area contributed by atoms with E-state index in [0.29, 0.717) is 0 Å². The Hall–Kier alpha value is -6.87. The predicted molar refractivity (Wildman–Crippen MR) is 260 cm³/mol. The third kappa shape index (κ3) is 6.58. The van der Waals surface area contributed by atoms with Crippen LogP contribution in [0.2, 0.25) is 13.1 Å². The number of allylic oxidation sites excluding steroid dienone is 4. The minimum Gasteiger partial charge on any atom is -0.264 e. The summed E-state index contributed by atoms with van der Waals surface area (Å²) < 4.78 is 0. The Morgan fingerprint density at radius 3 is 0.952 bits per heavy atom. The average Bonchev–Trinajstić information content (AvgIpc) is 3.78. The first-order chi connectivity index (χ1) is 30.6. The number of benzene rings is 4. The molecule has 0 radical (unpaired) electrons. The highest BCUT2D eigenvalue weighted by atomic mass is 28.2. The van der Waals surface area contributed by atoms with Crippen LogP contribution in [-0.2, 0) is 10.1 Å². The molecule has 0 aliphatic carbocycles. The summed E-state index contributed by atoms with van der Waals surface area (Å²) >= 11 is 0. The van der Waals surface area contributed by atoms with E-state index in [-0.39, 0.29) is 0 Å². The zero-order chi connectivity index (χ0) is 41.9. The smallest absolute Gasteiger partial charge is 0.0344 e. The fourth-order valence-electron chi connectivity index (χ4n) is 10.6. The van der Waals surface area contributed by atoms with Crippen LogP contribution in [0.1, 0.15) is 57.3 Å². The van der Waals surface area contributed by atoms with Crippen LogP contribution in [-0.4, -0.2) is 47.1 Å². The van der Waals surface area contributed by atoms with Crippen molar-refractivity contribution in [3.05, 3.63) is 264 Å². The quantitative estimate of drug-likeness (QED) is 0.122. The fourth-order valence-corrected chi connectivity index (χ4v) is 17.4. The molecule has 2 atom stereocenters. The van der Waals surface area contributed by atoms with Crippen LogP contribution in [0.4, 0.5) is 0 Å². The van der Waals surface area contributed by atoms with E-state index < -0.39 is 26.9 Å². The van der Waals surface area contributed by atoms with Gasteiger partial charge in [0.15, 0.2) is 0 Å². The first kappa shape index (κ1) is 39.3. The molecule has 0 saturated carbocycles. The van der Waals surface area contributed by atoms with E-state index >= 15 is 0 Å². The van der Waals surface area contributed by atoms with Crippen LogP contribution < -0.4 is 0 Å². The Morgan fingerprint density at radius 1 is 0.339 bits per heavy atom. The Labute approximate surface area is 367 Å². The van der Waals surface area contributed by atoms with E-state index in [9.17, 15) is 0 Å². The number of pyridine rings is 4. The van der Waals surface area contributed by atoms with Crippen molar-refractivity contribution in [2.75, 3.05) is 0 Å². The van der Waals surface area contributed by atoms with Gasteiger partial charge in [0.05, 0.1) is 0 Å². The summed E-state index contributed by atoms with van der Waals surface area (Å²) in [5.74, 6) is 0. The van der Waals surface area contributed by atoms with Gasteiger partial charge in [0.25, 0.3) is 0 Å². The summed E-state index contributed by atoms with van der Waals surface area (Å²) in [7, 11) is -2.98. The van der Waals surface area contributed by atoms with E-state index in [4.69, 9.17) is 19.9 Å². The summed E-state index contributed by atoms with van der Waals surface area (Å²) in [4.78, 5) is 19.3. The van der Waals surface area contributed by atoms with Crippen molar-refractivity contribution in [1.29, 1.82) is 0 Å². The van der Waals surface area contributed by atoms with Crippen molar-refractivity contribution < 1.29 is 0 Å². The zero-order valence-electron chi connectivity index (χ0n) is 35.0. The maximum atomic E-state index is 4.92. The van der Waals surface area contributed by atoms with E-state index in [1.807, 2.05) is 24.8 Å². The Balaban J connectivity index is 1.33. The van der Waals surface area contributed by atoms with Crippen LogP contribution in [0.25, 0.3) is 22.3 Å². The van der Waals surface area contributed by atoms with E-state index in [0.717, 1.165) is 12.8 Å². The van der Waals surface area contributed by atoms with Crippen molar-refractivity contribution in [2.24, 2.45) is 0 Å². The molecule has 0 N–H and O–H groups in total. The van der Waals surface area contributed by atoms with Gasteiger partial charge in [0.1, 0.15) is 0 Å². The first-order valence-corrected chi connectivity index (χ1v) is 25.4. The monoisotopic (exact) mass is 830 g/mol. The molecule has 0 bridgehead atoms. The highest BCUT2D eigenvalue weighted by Gasteiger charge is 2.53. The average molecular weight is 831 g/mol. The summed E-state index contributed by atoms with van der Waals surface area (Å²) in [5.41, 5.74) is 15.2. The normalized spacial score (nSPS) is 18.8. The molecule has 0 amide bonds. The highest BCUT2D eigenvalue weighted by Crippen LogP contribution is 2.57. The molecule has 62 heavy (non-hydrogen) atoms. The Kier molecular flexibility index (Phi) is 10.7. The molecule has 2 aliphatic heterocycles. The second-order valence-corrected chi connectivity index (χ2v) is 21.4. The van der Waals surface area contributed by atoms with Gasteiger partial charge in [-0.2, -0.15) is 0 Å². The van der Waals surface area contributed by atoms with Crippen molar-refractivity contribution >= 4 is 49.4 Å². The molecule has 298 valence electrons. The summed E-state index contributed by atoms with van der Waals surface area (Å²) in [5, 5.41) is 2.01. The zero-order valence-corrected chi connectivity index (χ0v) is 37.0. The van der Waals surface area contributed by atoms with Crippen molar-refractivity contribution in [1.82, 2.24) is 19.9 Å².